The lowest BCUT2D eigenvalue weighted by atomic mass is 10.1. The Kier molecular flexibility index (Phi) is 4.90. The van der Waals surface area contributed by atoms with Gasteiger partial charge in [-0.05, 0) is 48.5 Å². The number of fused-ring (bicyclic) bond motifs is 5. The number of hydrogen-bond acceptors (Lipinski definition) is 0. The highest BCUT2D eigenvalue weighted by Gasteiger charge is 2.26. The zero-order valence-corrected chi connectivity index (χ0v) is 18.5. The maximum Gasteiger partial charge on any atom is 0.254 e. The summed E-state index contributed by atoms with van der Waals surface area (Å²) in [6, 6.07) is 26.3. The zero-order chi connectivity index (χ0) is 20.2. The largest absolute Gasteiger partial charge is 1.00 e. The molecule has 0 aliphatic carbocycles. The number of benzene rings is 3. The Morgan fingerprint density at radius 2 is 1.52 bits per heavy atom. The third kappa shape index (κ3) is 3.09. The second-order valence-electron chi connectivity index (χ2n) is 7.32. The maximum atomic E-state index is 6.68. The van der Waals surface area contributed by atoms with Crippen molar-refractivity contribution in [1.82, 2.24) is 9.55 Å². The first-order chi connectivity index (χ1) is 14.7. The van der Waals surface area contributed by atoms with E-state index < -0.39 is 0 Å². The second kappa shape index (κ2) is 7.61. The van der Waals surface area contributed by atoms with Crippen LogP contribution in [0.1, 0.15) is 0 Å². The molecule has 1 N–H and O–H groups in total. The molecule has 0 unspecified atom stereocenters. The Morgan fingerprint density at radius 1 is 0.774 bits per heavy atom. The fourth-order valence-electron chi connectivity index (χ4n) is 4.22. The van der Waals surface area contributed by atoms with E-state index in [0.29, 0.717) is 10.0 Å². The van der Waals surface area contributed by atoms with E-state index in [0.717, 1.165) is 33.5 Å². The molecule has 0 aliphatic rings. The van der Waals surface area contributed by atoms with Crippen LogP contribution < -0.4 is 16.8 Å². The molecule has 152 valence electrons. The zero-order valence-electron chi connectivity index (χ0n) is 16.2. The first-order valence-corrected chi connectivity index (χ1v) is 10.4. The van der Waals surface area contributed by atoms with Crippen LogP contribution in [-0.4, -0.2) is 9.55 Å². The quantitative estimate of drug-likeness (QED) is 0.377. The van der Waals surface area contributed by atoms with Crippen LogP contribution >= 0.6 is 23.2 Å². The van der Waals surface area contributed by atoms with Crippen LogP contribution in [0.25, 0.3) is 44.3 Å². The summed E-state index contributed by atoms with van der Waals surface area (Å²) >= 11 is 12.8. The Bertz CT molecular complexity index is 1560. The molecule has 6 aromatic rings. The second-order valence-corrected chi connectivity index (χ2v) is 8.16. The molecule has 6 heteroatoms. The van der Waals surface area contributed by atoms with Crippen molar-refractivity contribution in [2.24, 2.45) is 0 Å². The molecule has 0 saturated heterocycles. The summed E-state index contributed by atoms with van der Waals surface area (Å²) in [6.45, 7) is 0. The molecule has 31 heavy (non-hydrogen) atoms. The molecule has 3 heterocycles. The van der Waals surface area contributed by atoms with E-state index in [1.54, 1.807) is 0 Å². The van der Waals surface area contributed by atoms with Crippen LogP contribution in [0.5, 0.6) is 0 Å². The molecule has 0 radical (unpaired) electrons. The fraction of sp³-hybridized carbons (Fsp3) is 0. The highest BCUT2D eigenvalue weighted by molar-refractivity contribution is 6.33. The van der Waals surface area contributed by atoms with Crippen LogP contribution in [0, 0.1) is 0 Å². The summed E-state index contributed by atoms with van der Waals surface area (Å²) in [4.78, 5) is 3.63. The predicted octanol–water partition coefficient (Wildman–Crippen LogP) is 3.83. The fourth-order valence-corrected chi connectivity index (χ4v) is 4.57. The van der Waals surface area contributed by atoms with E-state index in [-0.39, 0.29) is 12.4 Å². The third-order valence-corrected chi connectivity index (χ3v) is 6.16. The first-order valence-electron chi connectivity index (χ1n) is 9.67. The number of hydrogen-bond donors (Lipinski definition) is 1. The minimum atomic E-state index is 0. The minimum absolute atomic E-state index is 0. The van der Waals surface area contributed by atoms with E-state index in [2.05, 4.69) is 62.9 Å². The smallest absolute Gasteiger partial charge is 0.254 e. The average molecular weight is 465 g/mol. The Balaban J connectivity index is 0.00000204. The maximum absolute atomic E-state index is 6.68. The van der Waals surface area contributed by atoms with Crippen LogP contribution in [0.4, 0.5) is 0 Å². The van der Waals surface area contributed by atoms with E-state index >= 15 is 0 Å². The molecule has 0 aliphatic heterocycles. The molecular weight excluding hydrogens is 449 g/mol. The number of aromatic nitrogens is 3. The number of imidazole rings is 1. The van der Waals surface area contributed by atoms with Gasteiger partial charge in [0.25, 0.3) is 6.33 Å². The Morgan fingerprint density at radius 3 is 2.32 bits per heavy atom. The van der Waals surface area contributed by atoms with Crippen LogP contribution in [0.15, 0.2) is 91.4 Å². The minimum Gasteiger partial charge on any atom is -1.00 e. The van der Waals surface area contributed by atoms with Gasteiger partial charge in [-0.25, -0.2) is 0 Å². The van der Waals surface area contributed by atoms with Crippen molar-refractivity contribution in [2.75, 3.05) is 0 Å². The van der Waals surface area contributed by atoms with Gasteiger partial charge in [-0.3, -0.25) is 0 Å². The van der Waals surface area contributed by atoms with E-state index in [9.17, 15) is 0 Å². The van der Waals surface area contributed by atoms with E-state index in [1.165, 1.54) is 10.8 Å². The van der Waals surface area contributed by atoms with Crippen molar-refractivity contribution in [2.45, 2.75) is 0 Å². The summed E-state index contributed by atoms with van der Waals surface area (Å²) in [5.74, 6) is 0. The standard InChI is InChI=1S/C25H16Cl2N3.ClH/c26-16-9-11-17(12-10-16)30-15-29-14-13-19-18-5-2-4-8-22(18)28-23(19)25(29)24(30)20-6-1-3-7-21(20)27;/h1-15,28H;1H/q+1;/p-1. The number of nitrogens with zero attached hydrogens (tertiary/aromatic N) is 2. The van der Waals surface area contributed by atoms with Gasteiger partial charge in [0.1, 0.15) is 5.69 Å². The Hall–Kier alpha value is -2.98. The van der Waals surface area contributed by atoms with Crippen molar-refractivity contribution in [3.63, 3.8) is 0 Å². The molecule has 0 bridgehead atoms. The molecule has 0 atom stereocenters. The third-order valence-electron chi connectivity index (χ3n) is 5.58. The van der Waals surface area contributed by atoms with Crippen molar-refractivity contribution < 1.29 is 16.8 Å². The monoisotopic (exact) mass is 463 g/mol. The SMILES string of the molecule is Clc1ccc(-n2c[n+]3ccc4c5ccccc5[nH]c4c3c2-c2ccccc2Cl)cc1.[Cl-]. The predicted molar refractivity (Wildman–Crippen MR) is 124 cm³/mol. The van der Waals surface area contributed by atoms with Crippen molar-refractivity contribution in [1.29, 1.82) is 0 Å². The van der Waals surface area contributed by atoms with Crippen LogP contribution in [0.3, 0.4) is 0 Å². The van der Waals surface area contributed by atoms with E-state index in [4.69, 9.17) is 23.2 Å². The van der Waals surface area contributed by atoms with Crippen molar-refractivity contribution >= 4 is 50.5 Å². The lowest BCUT2D eigenvalue weighted by molar-refractivity contribution is -0.510. The summed E-state index contributed by atoms with van der Waals surface area (Å²) in [6.07, 6.45) is 4.19. The summed E-state index contributed by atoms with van der Waals surface area (Å²) < 4.78 is 4.31. The van der Waals surface area contributed by atoms with Crippen LogP contribution in [0.2, 0.25) is 10.0 Å². The molecule has 0 spiro atoms. The van der Waals surface area contributed by atoms with Gasteiger partial charge in [-0.1, -0.05) is 53.5 Å². The number of halogens is 3. The number of pyridine rings is 1. The highest BCUT2D eigenvalue weighted by atomic mass is 35.5. The number of rotatable bonds is 2. The molecule has 3 aromatic heterocycles. The number of nitrogens with one attached hydrogen (secondary N) is 1. The van der Waals surface area contributed by atoms with Gasteiger partial charge in [0.05, 0.1) is 16.7 Å². The van der Waals surface area contributed by atoms with Crippen molar-refractivity contribution in [3.8, 4) is 16.9 Å². The van der Waals surface area contributed by atoms with Crippen LogP contribution in [-0.2, 0) is 0 Å². The summed E-state index contributed by atoms with van der Waals surface area (Å²) in [7, 11) is 0. The lowest BCUT2D eigenvalue weighted by Crippen LogP contribution is -3.00. The summed E-state index contributed by atoms with van der Waals surface area (Å²) in [5.41, 5.74) is 6.29. The molecule has 3 aromatic carbocycles. The molecule has 0 fully saturated rings. The van der Waals surface area contributed by atoms with Gasteiger partial charge >= 0.3 is 0 Å². The normalized spacial score (nSPS) is 11.3. The molecular formula is C25H16Cl3N3. The van der Waals surface area contributed by atoms with E-state index in [1.807, 2.05) is 42.5 Å². The molecule has 0 saturated carbocycles. The first kappa shape index (κ1) is 20.0. The highest BCUT2D eigenvalue weighted by Crippen LogP contribution is 2.36. The molecule has 0 amide bonds. The number of para-hydroxylation sites is 1. The number of aromatic amines is 1. The average Bonchev–Trinajstić information content (AvgIpc) is 3.33. The number of H-pyrrole nitrogens is 1. The molecule has 3 nitrogen and oxygen atoms in total. The molecule has 6 rings (SSSR count). The Labute approximate surface area is 194 Å². The topological polar surface area (TPSA) is 24.8 Å². The van der Waals surface area contributed by atoms with Crippen molar-refractivity contribution in [3.05, 3.63) is 101 Å². The summed E-state index contributed by atoms with van der Waals surface area (Å²) in [5, 5.41) is 3.81. The van der Waals surface area contributed by atoms with Gasteiger partial charge in [0.2, 0.25) is 5.52 Å². The van der Waals surface area contributed by atoms with Gasteiger partial charge < -0.3 is 17.4 Å². The van der Waals surface area contributed by atoms with Gasteiger partial charge in [0, 0.05) is 26.9 Å². The van der Waals surface area contributed by atoms with Gasteiger partial charge in [-0.2, -0.15) is 8.97 Å². The van der Waals surface area contributed by atoms with Gasteiger partial charge in [-0.15, -0.1) is 0 Å². The van der Waals surface area contributed by atoms with Gasteiger partial charge in [0.15, 0.2) is 5.69 Å². The lowest BCUT2D eigenvalue weighted by Gasteiger charge is -2.05.